The molecule has 0 aromatic rings. The highest BCUT2D eigenvalue weighted by molar-refractivity contribution is 4.66. The van der Waals surface area contributed by atoms with Gasteiger partial charge in [-0.3, -0.25) is 0 Å². The third-order valence-electron chi connectivity index (χ3n) is 2.94. The molecule has 1 atom stereocenters. The first-order valence-corrected chi connectivity index (χ1v) is 5.55. The number of nitrogens with zero attached hydrogens (tertiary/aromatic N) is 1. The average molecular weight is 169 g/mol. The van der Waals surface area contributed by atoms with Gasteiger partial charge in [0.2, 0.25) is 0 Å². The van der Waals surface area contributed by atoms with Gasteiger partial charge < -0.3 is 4.90 Å². The second-order valence-electron chi connectivity index (χ2n) is 4.23. The van der Waals surface area contributed by atoms with E-state index >= 15 is 0 Å². The maximum atomic E-state index is 2.65. The zero-order valence-electron chi connectivity index (χ0n) is 8.68. The summed E-state index contributed by atoms with van der Waals surface area (Å²) < 4.78 is 0. The van der Waals surface area contributed by atoms with E-state index in [0.29, 0.717) is 0 Å². The van der Waals surface area contributed by atoms with Gasteiger partial charge in [-0.15, -0.1) is 0 Å². The van der Waals surface area contributed by atoms with E-state index < -0.39 is 0 Å². The van der Waals surface area contributed by atoms with Crippen LogP contribution in [-0.2, 0) is 0 Å². The summed E-state index contributed by atoms with van der Waals surface area (Å²) in [5.74, 6) is 0.969. The molecule has 0 spiro atoms. The zero-order chi connectivity index (χ0) is 8.81. The van der Waals surface area contributed by atoms with Crippen LogP contribution in [0.15, 0.2) is 0 Å². The monoisotopic (exact) mass is 169 g/mol. The van der Waals surface area contributed by atoms with E-state index in [1.807, 2.05) is 0 Å². The highest BCUT2D eigenvalue weighted by Gasteiger charge is 2.12. The fourth-order valence-electron chi connectivity index (χ4n) is 1.93. The lowest BCUT2D eigenvalue weighted by Crippen LogP contribution is -2.25. The Balaban J connectivity index is 2.17. The molecule has 0 bridgehead atoms. The minimum Gasteiger partial charge on any atom is -0.303 e. The quantitative estimate of drug-likeness (QED) is 0.628. The Labute approximate surface area is 77.1 Å². The molecule has 1 aliphatic heterocycles. The van der Waals surface area contributed by atoms with Crippen LogP contribution in [0.25, 0.3) is 0 Å². The Bertz CT molecular complexity index is 110. The number of likely N-dealkylation sites (tertiary alicyclic amines) is 1. The zero-order valence-corrected chi connectivity index (χ0v) is 8.68. The Morgan fingerprint density at radius 3 is 2.83 bits per heavy atom. The van der Waals surface area contributed by atoms with Crippen molar-refractivity contribution in [2.24, 2.45) is 5.92 Å². The maximum Gasteiger partial charge on any atom is -0.00162 e. The Hall–Kier alpha value is -0.0400. The molecular formula is C11H23N. The van der Waals surface area contributed by atoms with Crippen LogP contribution in [0.1, 0.15) is 46.0 Å². The van der Waals surface area contributed by atoms with Crippen LogP contribution in [0.4, 0.5) is 0 Å². The van der Waals surface area contributed by atoms with Gasteiger partial charge in [-0.1, -0.05) is 20.3 Å². The summed E-state index contributed by atoms with van der Waals surface area (Å²) in [5.41, 5.74) is 0. The SMILES string of the molecule is CCCCN1CCC[C@H](C)CC1. The molecule has 0 unspecified atom stereocenters. The molecule has 0 radical (unpaired) electrons. The van der Waals surface area contributed by atoms with E-state index in [4.69, 9.17) is 0 Å². The van der Waals surface area contributed by atoms with Gasteiger partial charge in [0.05, 0.1) is 0 Å². The highest BCUT2D eigenvalue weighted by Crippen LogP contribution is 2.16. The van der Waals surface area contributed by atoms with Crippen LogP contribution in [-0.4, -0.2) is 24.5 Å². The molecule has 1 rings (SSSR count). The number of rotatable bonds is 3. The van der Waals surface area contributed by atoms with Crippen molar-refractivity contribution >= 4 is 0 Å². The fraction of sp³-hybridized carbons (Fsp3) is 1.00. The summed E-state index contributed by atoms with van der Waals surface area (Å²) in [6.07, 6.45) is 7.01. The molecule has 1 nitrogen and oxygen atoms in total. The van der Waals surface area contributed by atoms with Crippen molar-refractivity contribution in [1.82, 2.24) is 4.90 Å². The van der Waals surface area contributed by atoms with Gasteiger partial charge in [0.15, 0.2) is 0 Å². The number of unbranched alkanes of at least 4 members (excludes halogenated alkanes) is 1. The first kappa shape index (κ1) is 10.0. The van der Waals surface area contributed by atoms with Crippen molar-refractivity contribution in [3.05, 3.63) is 0 Å². The van der Waals surface area contributed by atoms with E-state index in [-0.39, 0.29) is 0 Å². The molecule has 0 aromatic heterocycles. The van der Waals surface area contributed by atoms with Crippen LogP contribution in [0, 0.1) is 5.92 Å². The van der Waals surface area contributed by atoms with E-state index in [0.717, 1.165) is 5.92 Å². The highest BCUT2D eigenvalue weighted by atomic mass is 15.1. The maximum absolute atomic E-state index is 2.65. The second-order valence-corrected chi connectivity index (χ2v) is 4.23. The fourth-order valence-corrected chi connectivity index (χ4v) is 1.93. The summed E-state index contributed by atoms with van der Waals surface area (Å²) >= 11 is 0. The lowest BCUT2D eigenvalue weighted by Gasteiger charge is -2.19. The van der Waals surface area contributed by atoms with Crippen LogP contribution in [0.2, 0.25) is 0 Å². The van der Waals surface area contributed by atoms with Gasteiger partial charge in [0, 0.05) is 0 Å². The van der Waals surface area contributed by atoms with E-state index in [9.17, 15) is 0 Å². The van der Waals surface area contributed by atoms with Crippen molar-refractivity contribution in [1.29, 1.82) is 0 Å². The van der Waals surface area contributed by atoms with Crippen LogP contribution in [0.3, 0.4) is 0 Å². The molecule has 0 amide bonds. The molecule has 0 aliphatic carbocycles. The lowest BCUT2D eigenvalue weighted by atomic mass is 10.0. The summed E-state index contributed by atoms with van der Waals surface area (Å²) in [6.45, 7) is 8.71. The van der Waals surface area contributed by atoms with Crippen molar-refractivity contribution in [2.75, 3.05) is 19.6 Å². The molecule has 12 heavy (non-hydrogen) atoms. The van der Waals surface area contributed by atoms with Crippen molar-refractivity contribution < 1.29 is 0 Å². The summed E-state index contributed by atoms with van der Waals surface area (Å²) in [6, 6.07) is 0. The molecule has 1 heterocycles. The summed E-state index contributed by atoms with van der Waals surface area (Å²) in [5, 5.41) is 0. The van der Waals surface area contributed by atoms with Crippen molar-refractivity contribution in [3.8, 4) is 0 Å². The largest absolute Gasteiger partial charge is 0.303 e. The Kier molecular flexibility index (Phi) is 4.67. The second kappa shape index (κ2) is 5.58. The molecule has 1 aliphatic rings. The average Bonchev–Trinajstić information content (AvgIpc) is 2.27. The van der Waals surface area contributed by atoms with Gasteiger partial charge in [0.1, 0.15) is 0 Å². The molecule has 0 saturated carbocycles. The predicted molar refractivity (Wildman–Crippen MR) is 54.4 cm³/mol. The van der Waals surface area contributed by atoms with Gasteiger partial charge in [0.25, 0.3) is 0 Å². The van der Waals surface area contributed by atoms with Crippen LogP contribution < -0.4 is 0 Å². The molecule has 0 aromatic carbocycles. The third-order valence-corrected chi connectivity index (χ3v) is 2.94. The summed E-state index contributed by atoms with van der Waals surface area (Å²) in [4.78, 5) is 2.65. The minimum atomic E-state index is 0.969. The van der Waals surface area contributed by atoms with Gasteiger partial charge in [-0.05, 0) is 51.2 Å². The van der Waals surface area contributed by atoms with Gasteiger partial charge in [-0.2, -0.15) is 0 Å². The minimum absolute atomic E-state index is 0.969. The first-order valence-electron chi connectivity index (χ1n) is 5.55. The van der Waals surface area contributed by atoms with E-state index in [1.165, 1.54) is 51.7 Å². The van der Waals surface area contributed by atoms with Gasteiger partial charge >= 0.3 is 0 Å². The third kappa shape index (κ3) is 3.57. The van der Waals surface area contributed by atoms with E-state index in [2.05, 4.69) is 18.7 Å². The first-order chi connectivity index (χ1) is 5.83. The Morgan fingerprint density at radius 2 is 2.08 bits per heavy atom. The van der Waals surface area contributed by atoms with Crippen molar-refractivity contribution in [3.63, 3.8) is 0 Å². The predicted octanol–water partition coefficient (Wildman–Crippen LogP) is 2.91. The molecule has 1 heteroatoms. The Morgan fingerprint density at radius 1 is 1.25 bits per heavy atom. The number of hydrogen-bond donors (Lipinski definition) is 0. The number of hydrogen-bond acceptors (Lipinski definition) is 1. The molecular weight excluding hydrogens is 146 g/mol. The molecule has 1 saturated heterocycles. The van der Waals surface area contributed by atoms with Crippen molar-refractivity contribution in [2.45, 2.75) is 46.0 Å². The van der Waals surface area contributed by atoms with Crippen LogP contribution >= 0.6 is 0 Å². The lowest BCUT2D eigenvalue weighted by molar-refractivity contribution is 0.277. The normalized spacial score (nSPS) is 27.0. The molecule has 72 valence electrons. The topological polar surface area (TPSA) is 3.24 Å². The van der Waals surface area contributed by atoms with Gasteiger partial charge in [-0.25, -0.2) is 0 Å². The smallest absolute Gasteiger partial charge is 0.00162 e. The standard InChI is InChI=1S/C11H23N/c1-3-4-8-12-9-5-6-11(2)7-10-12/h11H,3-10H2,1-2H3/t11-/m0/s1. The van der Waals surface area contributed by atoms with E-state index in [1.54, 1.807) is 0 Å². The molecule has 0 N–H and O–H groups in total. The van der Waals surface area contributed by atoms with Crippen LogP contribution in [0.5, 0.6) is 0 Å². The summed E-state index contributed by atoms with van der Waals surface area (Å²) in [7, 11) is 0. The molecule has 1 fully saturated rings.